The predicted octanol–water partition coefficient (Wildman–Crippen LogP) is 3.12. The van der Waals surface area contributed by atoms with Gasteiger partial charge >= 0.3 is 6.18 Å². The van der Waals surface area contributed by atoms with Crippen LogP contribution in [0.4, 0.5) is 13.2 Å². The lowest BCUT2D eigenvalue weighted by Crippen LogP contribution is -2.41. The number of hydrogen-bond acceptors (Lipinski definition) is 2. The third-order valence-corrected chi connectivity index (χ3v) is 2.84. The van der Waals surface area contributed by atoms with Gasteiger partial charge < -0.3 is 10.1 Å². The third kappa shape index (κ3) is 7.93. The van der Waals surface area contributed by atoms with Crippen LogP contribution in [0.2, 0.25) is 0 Å². The summed E-state index contributed by atoms with van der Waals surface area (Å²) in [6, 6.07) is 0. The molecule has 0 amide bonds. The quantitative estimate of drug-likeness (QED) is 0.659. The van der Waals surface area contributed by atoms with E-state index in [2.05, 4.69) is 30.8 Å². The Kier molecular flexibility index (Phi) is 6.99. The molecule has 0 unspecified atom stereocenters. The molecule has 98 valence electrons. The molecule has 1 N–H and O–H groups in total. The minimum Gasteiger partial charge on any atom is -0.372 e. The number of ether oxygens (including phenoxy) is 1. The molecule has 0 radical (unpaired) electrons. The van der Waals surface area contributed by atoms with Gasteiger partial charge in [-0.1, -0.05) is 13.8 Å². The molecule has 0 aromatic carbocycles. The van der Waals surface area contributed by atoms with Gasteiger partial charge in [0, 0.05) is 12.1 Å². The lowest BCUT2D eigenvalue weighted by molar-refractivity contribution is -0.174. The summed E-state index contributed by atoms with van der Waals surface area (Å²) in [5, 5.41) is 3.33. The highest BCUT2D eigenvalue weighted by molar-refractivity contribution is 4.79. The number of nitrogens with one attached hydrogen (secondary N) is 1. The fourth-order valence-electron chi connectivity index (χ4n) is 1.25. The van der Waals surface area contributed by atoms with Crippen LogP contribution in [0.15, 0.2) is 0 Å². The highest BCUT2D eigenvalue weighted by Gasteiger charge is 2.27. The van der Waals surface area contributed by atoms with Crippen molar-refractivity contribution in [3.05, 3.63) is 0 Å². The van der Waals surface area contributed by atoms with E-state index in [1.807, 2.05) is 0 Å². The molecule has 0 heterocycles. The van der Waals surface area contributed by atoms with Crippen LogP contribution in [0.3, 0.4) is 0 Å². The summed E-state index contributed by atoms with van der Waals surface area (Å²) in [5.41, 5.74) is 0.0873. The first-order chi connectivity index (χ1) is 7.33. The Balaban J connectivity index is 3.47. The van der Waals surface area contributed by atoms with E-state index in [9.17, 15) is 13.2 Å². The van der Waals surface area contributed by atoms with Crippen molar-refractivity contribution >= 4 is 0 Å². The van der Waals surface area contributed by atoms with Gasteiger partial charge in [-0.3, -0.25) is 0 Å². The zero-order chi connectivity index (χ0) is 12.7. The summed E-state index contributed by atoms with van der Waals surface area (Å²) < 4.78 is 39.7. The normalized spacial score (nSPS) is 13.1. The number of halogens is 3. The molecule has 0 aliphatic carbocycles. The van der Waals surface area contributed by atoms with Crippen molar-refractivity contribution in [2.24, 2.45) is 0 Å². The van der Waals surface area contributed by atoms with E-state index in [1.54, 1.807) is 0 Å². The van der Waals surface area contributed by atoms with Crippen molar-refractivity contribution in [2.45, 2.75) is 51.7 Å². The summed E-state index contributed by atoms with van der Waals surface area (Å²) in [5.74, 6) is 0. The monoisotopic (exact) mass is 241 g/mol. The molecule has 0 saturated carbocycles. The summed E-state index contributed by atoms with van der Waals surface area (Å²) in [6.45, 7) is 5.99. The average molecular weight is 241 g/mol. The maximum absolute atomic E-state index is 11.7. The van der Waals surface area contributed by atoms with Crippen molar-refractivity contribution in [1.29, 1.82) is 0 Å². The summed E-state index contributed by atoms with van der Waals surface area (Å²) in [7, 11) is 0. The van der Waals surface area contributed by atoms with Gasteiger partial charge in [-0.05, 0) is 32.7 Å². The fourth-order valence-corrected chi connectivity index (χ4v) is 1.25. The number of alkyl halides is 3. The van der Waals surface area contributed by atoms with Crippen molar-refractivity contribution in [1.82, 2.24) is 5.32 Å². The van der Waals surface area contributed by atoms with Gasteiger partial charge in [-0.25, -0.2) is 0 Å². The van der Waals surface area contributed by atoms with E-state index in [0.717, 1.165) is 12.8 Å². The lowest BCUT2D eigenvalue weighted by atomic mass is 9.95. The van der Waals surface area contributed by atoms with Crippen molar-refractivity contribution < 1.29 is 17.9 Å². The fraction of sp³-hybridized carbons (Fsp3) is 1.00. The molecule has 0 bridgehead atoms. The smallest absolute Gasteiger partial charge is 0.372 e. The van der Waals surface area contributed by atoms with Crippen LogP contribution in [-0.2, 0) is 4.74 Å². The van der Waals surface area contributed by atoms with Gasteiger partial charge in [0.15, 0.2) is 0 Å². The van der Waals surface area contributed by atoms with Gasteiger partial charge in [0.1, 0.15) is 6.61 Å². The highest BCUT2D eigenvalue weighted by atomic mass is 19.4. The first kappa shape index (κ1) is 15.7. The van der Waals surface area contributed by atoms with Crippen LogP contribution in [0.25, 0.3) is 0 Å². The molecule has 0 aliphatic heterocycles. The van der Waals surface area contributed by atoms with E-state index in [-0.39, 0.29) is 12.1 Å². The van der Waals surface area contributed by atoms with Crippen LogP contribution in [0, 0.1) is 0 Å². The van der Waals surface area contributed by atoms with Gasteiger partial charge in [0.2, 0.25) is 0 Å². The number of hydrogen-bond donors (Lipinski definition) is 1. The second kappa shape index (κ2) is 7.12. The van der Waals surface area contributed by atoms with Crippen molar-refractivity contribution in [2.75, 3.05) is 19.8 Å². The summed E-state index contributed by atoms with van der Waals surface area (Å²) >= 11 is 0. The van der Waals surface area contributed by atoms with Crippen LogP contribution in [0.5, 0.6) is 0 Å². The highest BCUT2D eigenvalue weighted by Crippen LogP contribution is 2.15. The maximum atomic E-state index is 11.7. The van der Waals surface area contributed by atoms with Crippen LogP contribution in [0.1, 0.15) is 40.0 Å². The van der Waals surface area contributed by atoms with Crippen LogP contribution < -0.4 is 5.32 Å². The molecule has 5 heteroatoms. The molecule has 0 fully saturated rings. The molecular formula is C11H22F3NO. The molecule has 0 aromatic heterocycles. The summed E-state index contributed by atoms with van der Waals surface area (Å²) in [6.07, 6.45) is -1.60. The summed E-state index contributed by atoms with van der Waals surface area (Å²) in [4.78, 5) is 0. The standard InChI is InChI=1S/C11H22F3NO/c1-4-10(3,5-2)15-7-6-8-16-9-11(12,13)14/h15H,4-9H2,1-3H3. The molecule has 16 heavy (non-hydrogen) atoms. The average Bonchev–Trinajstić information content (AvgIpc) is 2.21. The SMILES string of the molecule is CCC(C)(CC)NCCCOCC(F)(F)F. The lowest BCUT2D eigenvalue weighted by Gasteiger charge is -2.28. The third-order valence-electron chi connectivity index (χ3n) is 2.84. The maximum Gasteiger partial charge on any atom is 0.411 e. The van der Waals surface area contributed by atoms with Gasteiger partial charge in [-0.15, -0.1) is 0 Å². The molecule has 0 spiro atoms. The van der Waals surface area contributed by atoms with Gasteiger partial charge in [0.25, 0.3) is 0 Å². The zero-order valence-electron chi connectivity index (χ0n) is 10.3. The van der Waals surface area contributed by atoms with Crippen LogP contribution >= 0.6 is 0 Å². The molecule has 2 nitrogen and oxygen atoms in total. The predicted molar refractivity (Wildman–Crippen MR) is 58.5 cm³/mol. The van der Waals surface area contributed by atoms with E-state index < -0.39 is 12.8 Å². The first-order valence-electron chi connectivity index (χ1n) is 5.72. The second-order valence-corrected chi connectivity index (χ2v) is 4.22. The Morgan fingerprint density at radius 3 is 2.12 bits per heavy atom. The largest absolute Gasteiger partial charge is 0.411 e. The first-order valence-corrected chi connectivity index (χ1v) is 5.72. The van der Waals surface area contributed by atoms with Gasteiger partial charge in [0.05, 0.1) is 0 Å². The Morgan fingerprint density at radius 2 is 1.69 bits per heavy atom. The molecule has 0 aromatic rings. The molecule has 0 rings (SSSR count). The van der Waals surface area contributed by atoms with E-state index in [1.165, 1.54) is 0 Å². The minimum absolute atomic E-state index is 0.0873. The molecular weight excluding hydrogens is 219 g/mol. The van der Waals surface area contributed by atoms with E-state index in [4.69, 9.17) is 0 Å². The minimum atomic E-state index is -4.21. The molecule has 0 atom stereocenters. The molecule has 0 saturated heterocycles. The van der Waals surface area contributed by atoms with Crippen LogP contribution in [-0.4, -0.2) is 31.5 Å². The molecule has 0 aliphatic rings. The number of rotatable bonds is 8. The van der Waals surface area contributed by atoms with E-state index >= 15 is 0 Å². The van der Waals surface area contributed by atoms with E-state index in [0.29, 0.717) is 13.0 Å². The van der Waals surface area contributed by atoms with Crippen molar-refractivity contribution in [3.63, 3.8) is 0 Å². The Bertz CT molecular complexity index is 179. The van der Waals surface area contributed by atoms with Gasteiger partial charge in [-0.2, -0.15) is 13.2 Å². The Labute approximate surface area is 95.5 Å². The topological polar surface area (TPSA) is 21.3 Å². The Hall–Kier alpha value is -0.290. The van der Waals surface area contributed by atoms with Crippen molar-refractivity contribution in [3.8, 4) is 0 Å². The Morgan fingerprint density at radius 1 is 1.12 bits per heavy atom. The second-order valence-electron chi connectivity index (χ2n) is 4.22. The zero-order valence-corrected chi connectivity index (χ0v) is 10.3.